The number of ether oxygens (including phenoxy) is 3. The molecule has 0 atom stereocenters. The van der Waals surface area contributed by atoms with Gasteiger partial charge in [-0.25, -0.2) is 0 Å². The van der Waals surface area contributed by atoms with Crippen LogP contribution in [-0.4, -0.2) is 24.0 Å². The molecule has 33 heavy (non-hydrogen) atoms. The van der Waals surface area contributed by atoms with E-state index >= 15 is 0 Å². The second kappa shape index (κ2) is 9.44. The first kappa shape index (κ1) is 22.5. The SMILES string of the molecule is O=C(O)Cc1cc(OCC2CC2)cc(Oc2cccc(-c3cccc(OC(F)(F)F)c3)c2)c1. The topological polar surface area (TPSA) is 65.0 Å². The Morgan fingerprint density at radius 2 is 1.52 bits per heavy atom. The quantitative estimate of drug-likeness (QED) is 0.399. The molecule has 3 aromatic carbocycles. The lowest BCUT2D eigenvalue weighted by Crippen LogP contribution is -2.17. The van der Waals surface area contributed by atoms with Crippen LogP contribution in [0.5, 0.6) is 23.0 Å². The molecule has 1 N–H and O–H groups in total. The van der Waals surface area contributed by atoms with Gasteiger partial charge in [-0.05, 0) is 71.8 Å². The van der Waals surface area contributed by atoms with Gasteiger partial charge in [-0.3, -0.25) is 4.79 Å². The highest BCUT2D eigenvalue weighted by atomic mass is 19.4. The molecule has 0 radical (unpaired) electrons. The zero-order valence-corrected chi connectivity index (χ0v) is 17.5. The molecular formula is C25H21F3O5. The van der Waals surface area contributed by atoms with E-state index in [2.05, 4.69) is 4.74 Å². The Bertz CT molecular complexity index is 1140. The molecule has 0 heterocycles. The summed E-state index contributed by atoms with van der Waals surface area (Å²) >= 11 is 0. The molecule has 0 spiro atoms. The smallest absolute Gasteiger partial charge is 0.493 e. The van der Waals surface area contributed by atoms with Crippen LogP contribution in [0.2, 0.25) is 0 Å². The zero-order valence-electron chi connectivity index (χ0n) is 17.5. The van der Waals surface area contributed by atoms with Crippen LogP contribution < -0.4 is 14.2 Å². The van der Waals surface area contributed by atoms with Crippen molar-refractivity contribution in [3.8, 4) is 34.1 Å². The molecule has 172 valence electrons. The minimum atomic E-state index is -4.77. The van der Waals surface area contributed by atoms with Gasteiger partial charge >= 0.3 is 12.3 Å². The monoisotopic (exact) mass is 458 g/mol. The van der Waals surface area contributed by atoms with Crippen molar-refractivity contribution in [2.75, 3.05) is 6.61 Å². The number of hydrogen-bond donors (Lipinski definition) is 1. The van der Waals surface area contributed by atoms with Crippen molar-refractivity contribution in [3.05, 3.63) is 72.3 Å². The van der Waals surface area contributed by atoms with Gasteiger partial charge in [-0.15, -0.1) is 13.2 Å². The average Bonchev–Trinajstić information content (AvgIpc) is 3.55. The van der Waals surface area contributed by atoms with Gasteiger partial charge in [0.05, 0.1) is 13.0 Å². The van der Waals surface area contributed by atoms with Crippen LogP contribution in [0.4, 0.5) is 13.2 Å². The molecule has 0 bridgehead atoms. The third-order valence-electron chi connectivity index (χ3n) is 4.95. The summed E-state index contributed by atoms with van der Waals surface area (Å²) in [4.78, 5) is 11.2. The highest BCUT2D eigenvalue weighted by Crippen LogP contribution is 2.34. The lowest BCUT2D eigenvalue weighted by molar-refractivity contribution is -0.274. The van der Waals surface area contributed by atoms with E-state index in [0.29, 0.717) is 46.5 Å². The van der Waals surface area contributed by atoms with Gasteiger partial charge in [-0.2, -0.15) is 0 Å². The predicted octanol–water partition coefficient (Wildman–Crippen LogP) is 6.46. The van der Waals surface area contributed by atoms with E-state index in [1.54, 1.807) is 48.5 Å². The van der Waals surface area contributed by atoms with E-state index in [9.17, 15) is 18.0 Å². The second-order valence-corrected chi connectivity index (χ2v) is 7.84. The van der Waals surface area contributed by atoms with Gasteiger partial charge in [0.25, 0.3) is 0 Å². The standard InChI is InChI=1S/C25H21F3O5/c26-25(27,28)33-21-6-2-4-19(13-21)18-3-1-5-20(12-18)32-23-10-17(11-24(29)30)9-22(14-23)31-15-16-7-8-16/h1-6,9-10,12-14,16H,7-8,11,15H2,(H,29,30). The van der Waals surface area contributed by atoms with Crippen LogP contribution in [0.1, 0.15) is 18.4 Å². The molecule has 4 rings (SSSR count). The molecule has 1 fully saturated rings. The van der Waals surface area contributed by atoms with Crippen LogP contribution in [-0.2, 0) is 11.2 Å². The van der Waals surface area contributed by atoms with Gasteiger partial charge in [0.2, 0.25) is 0 Å². The molecule has 0 amide bonds. The average molecular weight is 458 g/mol. The van der Waals surface area contributed by atoms with E-state index < -0.39 is 12.3 Å². The minimum Gasteiger partial charge on any atom is -0.493 e. The summed E-state index contributed by atoms with van der Waals surface area (Å²) in [6, 6.07) is 17.5. The van der Waals surface area contributed by atoms with Crippen LogP contribution >= 0.6 is 0 Å². The summed E-state index contributed by atoms with van der Waals surface area (Å²) in [5.41, 5.74) is 1.70. The van der Waals surface area contributed by atoms with E-state index in [-0.39, 0.29) is 12.2 Å². The lowest BCUT2D eigenvalue weighted by Gasteiger charge is -2.13. The van der Waals surface area contributed by atoms with E-state index in [1.165, 1.54) is 18.2 Å². The van der Waals surface area contributed by atoms with Crippen LogP contribution in [0.3, 0.4) is 0 Å². The fourth-order valence-corrected chi connectivity index (χ4v) is 3.30. The summed E-state index contributed by atoms with van der Waals surface area (Å²) in [5, 5.41) is 9.16. The Labute approximate surface area is 188 Å². The molecule has 0 aliphatic heterocycles. The van der Waals surface area contributed by atoms with Crippen molar-refractivity contribution in [1.29, 1.82) is 0 Å². The summed E-state index contributed by atoms with van der Waals surface area (Å²) in [6.45, 7) is 0.571. The molecule has 0 unspecified atom stereocenters. The first-order chi connectivity index (χ1) is 15.7. The zero-order chi connectivity index (χ0) is 23.4. The van der Waals surface area contributed by atoms with Gasteiger partial charge in [0.15, 0.2) is 0 Å². The first-order valence-electron chi connectivity index (χ1n) is 10.4. The summed E-state index contributed by atoms with van der Waals surface area (Å²) in [6.07, 6.45) is -2.70. The van der Waals surface area contributed by atoms with Crippen molar-refractivity contribution in [2.45, 2.75) is 25.6 Å². The number of hydrogen-bond acceptors (Lipinski definition) is 4. The molecule has 1 aliphatic carbocycles. The Balaban J connectivity index is 1.56. The highest BCUT2D eigenvalue weighted by Gasteiger charge is 2.31. The third-order valence-corrected chi connectivity index (χ3v) is 4.95. The van der Waals surface area contributed by atoms with E-state index in [1.807, 2.05) is 0 Å². The van der Waals surface area contributed by atoms with Crippen molar-refractivity contribution in [1.82, 2.24) is 0 Å². The van der Waals surface area contributed by atoms with Crippen molar-refractivity contribution >= 4 is 5.97 Å². The molecule has 3 aromatic rings. The second-order valence-electron chi connectivity index (χ2n) is 7.84. The number of alkyl halides is 3. The maximum Gasteiger partial charge on any atom is 0.573 e. The lowest BCUT2D eigenvalue weighted by atomic mass is 10.1. The van der Waals surface area contributed by atoms with Crippen molar-refractivity contribution in [2.24, 2.45) is 5.92 Å². The van der Waals surface area contributed by atoms with Crippen LogP contribution in [0, 0.1) is 5.92 Å². The van der Waals surface area contributed by atoms with Crippen molar-refractivity contribution < 1.29 is 37.3 Å². The summed E-state index contributed by atoms with van der Waals surface area (Å²) in [7, 11) is 0. The first-order valence-corrected chi connectivity index (χ1v) is 10.4. The number of rotatable bonds is 9. The fraction of sp³-hybridized carbons (Fsp3) is 0.240. The normalized spacial score (nSPS) is 13.4. The van der Waals surface area contributed by atoms with Crippen LogP contribution in [0.15, 0.2) is 66.7 Å². The predicted molar refractivity (Wildman–Crippen MR) is 115 cm³/mol. The third kappa shape index (κ3) is 6.90. The number of benzene rings is 3. The maximum absolute atomic E-state index is 12.5. The van der Waals surface area contributed by atoms with Gasteiger partial charge in [0, 0.05) is 6.07 Å². The Hall–Kier alpha value is -3.68. The molecule has 0 aromatic heterocycles. The van der Waals surface area contributed by atoms with Gasteiger partial charge < -0.3 is 19.3 Å². The Morgan fingerprint density at radius 1 is 0.879 bits per heavy atom. The number of carboxylic acid groups (broad SMARTS) is 1. The fourth-order valence-electron chi connectivity index (χ4n) is 3.30. The summed E-state index contributed by atoms with van der Waals surface area (Å²) in [5.74, 6) is 0.629. The van der Waals surface area contributed by atoms with E-state index in [4.69, 9.17) is 14.6 Å². The van der Waals surface area contributed by atoms with Crippen LogP contribution in [0.25, 0.3) is 11.1 Å². The van der Waals surface area contributed by atoms with Gasteiger partial charge in [-0.1, -0.05) is 24.3 Å². The maximum atomic E-state index is 12.5. The molecule has 1 saturated carbocycles. The molecule has 5 nitrogen and oxygen atoms in total. The molecular weight excluding hydrogens is 437 g/mol. The molecule has 0 saturated heterocycles. The number of carbonyl (C=O) groups is 1. The minimum absolute atomic E-state index is 0.178. The molecule has 1 aliphatic rings. The van der Waals surface area contributed by atoms with E-state index in [0.717, 1.165) is 12.8 Å². The summed E-state index contributed by atoms with van der Waals surface area (Å²) < 4.78 is 53.4. The largest absolute Gasteiger partial charge is 0.573 e. The Kier molecular flexibility index (Phi) is 6.44. The number of carboxylic acids is 1. The van der Waals surface area contributed by atoms with Gasteiger partial charge in [0.1, 0.15) is 23.0 Å². The number of aliphatic carboxylic acids is 1. The highest BCUT2D eigenvalue weighted by molar-refractivity contribution is 5.71. The number of halogens is 3. The molecule has 8 heteroatoms. The van der Waals surface area contributed by atoms with Crippen molar-refractivity contribution in [3.63, 3.8) is 0 Å². The Morgan fingerprint density at radius 3 is 2.15 bits per heavy atom.